The third-order valence-corrected chi connectivity index (χ3v) is 5.53. The highest BCUT2D eigenvalue weighted by molar-refractivity contribution is 7.89. The molecule has 0 amide bonds. The molecule has 0 aliphatic rings. The van der Waals surface area contributed by atoms with Gasteiger partial charge in [0.25, 0.3) is 0 Å². The van der Waals surface area contributed by atoms with Crippen molar-refractivity contribution >= 4 is 27.3 Å². The third kappa shape index (κ3) is 2.89. The van der Waals surface area contributed by atoms with Gasteiger partial charge in [0.1, 0.15) is 9.77 Å². The summed E-state index contributed by atoms with van der Waals surface area (Å²) in [6.45, 7) is 2.92. The minimum absolute atomic E-state index is 0.0866. The standard InChI is InChI=1S/C10H15NO5S2/c1-6-5-17-8(10(13)14)9(6)18(15,16)11(3)4-7(2)12/h5,7,12H,4H2,1-3H3,(H,13,14). The van der Waals surface area contributed by atoms with Gasteiger partial charge in [-0.25, -0.2) is 13.2 Å². The summed E-state index contributed by atoms with van der Waals surface area (Å²) in [6.07, 6.45) is -0.822. The molecule has 1 aromatic heterocycles. The Morgan fingerprint density at radius 1 is 1.56 bits per heavy atom. The first-order valence-corrected chi connectivity index (χ1v) is 7.45. The molecule has 1 atom stereocenters. The molecule has 0 saturated carbocycles. The largest absolute Gasteiger partial charge is 0.477 e. The fourth-order valence-electron chi connectivity index (χ4n) is 1.53. The first kappa shape index (κ1) is 15.1. The van der Waals surface area contributed by atoms with Gasteiger partial charge in [-0.05, 0) is 24.8 Å². The van der Waals surface area contributed by atoms with E-state index in [9.17, 15) is 18.3 Å². The van der Waals surface area contributed by atoms with Crippen LogP contribution < -0.4 is 0 Å². The number of carboxylic acids is 1. The first-order chi connectivity index (χ1) is 8.17. The van der Waals surface area contributed by atoms with Gasteiger partial charge in [-0.2, -0.15) is 4.31 Å². The Morgan fingerprint density at radius 2 is 2.11 bits per heavy atom. The highest BCUT2D eigenvalue weighted by Gasteiger charge is 2.30. The number of aromatic carboxylic acids is 1. The molecule has 1 rings (SSSR count). The zero-order valence-electron chi connectivity index (χ0n) is 10.2. The summed E-state index contributed by atoms with van der Waals surface area (Å²) >= 11 is 0.880. The van der Waals surface area contributed by atoms with Crippen LogP contribution in [0.5, 0.6) is 0 Å². The second kappa shape index (κ2) is 5.35. The molecule has 0 aromatic carbocycles. The zero-order chi connectivity index (χ0) is 14.1. The van der Waals surface area contributed by atoms with Gasteiger partial charge in [-0.3, -0.25) is 0 Å². The van der Waals surface area contributed by atoms with Crippen LogP contribution in [0.3, 0.4) is 0 Å². The average Bonchev–Trinajstić information content (AvgIpc) is 2.59. The van der Waals surface area contributed by atoms with Crippen LogP contribution in [0, 0.1) is 6.92 Å². The normalized spacial score (nSPS) is 13.8. The molecule has 0 aliphatic carbocycles. The maximum absolute atomic E-state index is 12.2. The number of likely N-dealkylation sites (N-methyl/N-ethyl adjacent to an activating group) is 1. The van der Waals surface area contributed by atoms with Crippen molar-refractivity contribution < 1.29 is 23.4 Å². The second-order valence-electron chi connectivity index (χ2n) is 4.02. The fraction of sp³-hybridized carbons (Fsp3) is 0.500. The highest BCUT2D eigenvalue weighted by Crippen LogP contribution is 2.29. The summed E-state index contributed by atoms with van der Waals surface area (Å²) in [5.74, 6) is -1.27. The van der Waals surface area contributed by atoms with Crippen LogP contribution in [0.25, 0.3) is 0 Å². The smallest absolute Gasteiger partial charge is 0.347 e. The van der Waals surface area contributed by atoms with Crippen molar-refractivity contribution in [2.24, 2.45) is 0 Å². The van der Waals surface area contributed by atoms with Crippen molar-refractivity contribution in [1.29, 1.82) is 0 Å². The maximum atomic E-state index is 12.2. The molecule has 0 bridgehead atoms. The molecule has 2 N–H and O–H groups in total. The van der Waals surface area contributed by atoms with E-state index >= 15 is 0 Å². The molecule has 0 aliphatic heterocycles. The summed E-state index contributed by atoms with van der Waals surface area (Å²) < 4.78 is 25.4. The molecule has 1 unspecified atom stereocenters. The molecule has 1 heterocycles. The number of aryl methyl sites for hydroxylation is 1. The van der Waals surface area contributed by atoms with Crippen LogP contribution in [0.2, 0.25) is 0 Å². The number of thiophene rings is 1. The van der Waals surface area contributed by atoms with E-state index in [0.29, 0.717) is 5.56 Å². The lowest BCUT2D eigenvalue weighted by Gasteiger charge is -2.19. The fourth-order valence-corrected chi connectivity index (χ4v) is 4.35. The quantitative estimate of drug-likeness (QED) is 0.835. The van der Waals surface area contributed by atoms with Gasteiger partial charge >= 0.3 is 5.97 Å². The molecule has 0 saturated heterocycles. The van der Waals surface area contributed by atoms with Gasteiger partial charge in [-0.15, -0.1) is 11.3 Å². The minimum Gasteiger partial charge on any atom is -0.477 e. The first-order valence-electron chi connectivity index (χ1n) is 5.13. The zero-order valence-corrected chi connectivity index (χ0v) is 11.9. The Kier molecular flexibility index (Phi) is 4.49. The molecule has 102 valence electrons. The predicted molar refractivity (Wildman–Crippen MR) is 67.5 cm³/mol. The monoisotopic (exact) mass is 293 g/mol. The van der Waals surface area contributed by atoms with E-state index in [2.05, 4.69) is 0 Å². The molecule has 18 heavy (non-hydrogen) atoms. The van der Waals surface area contributed by atoms with Crippen molar-refractivity contribution in [2.45, 2.75) is 24.8 Å². The number of rotatable bonds is 5. The highest BCUT2D eigenvalue weighted by atomic mass is 32.2. The van der Waals surface area contributed by atoms with Crippen molar-refractivity contribution in [2.75, 3.05) is 13.6 Å². The van der Waals surface area contributed by atoms with Crippen LogP contribution >= 0.6 is 11.3 Å². The lowest BCUT2D eigenvalue weighted by molar-refractivity contribution is 0.0698. The van der Waals surface area contributed by atoms with E-state index < -0.39 is 22.1 Å². The van der Waals surface area contributed by atoms with E-state index in [-0.39, 0.29) is 16.3 Å². The van der Waals surface area contributed by atoms with Gasteiger partial charge in [-0.1, -0.05) is 0 Å². The Hall–Kier alpha value is -0.960. The number of carboxylic acid groups (broad SMARTS) is 1. The van der Waals surface area contributed by atoms with Crippen molar-refractivity contribution in [3.05, 3.63) is 15.8 Å². The number of aliphatic hydroxyl groups is 1. The Labute approximate surface area is 110 Å². The van der Waals surface area contributed by atoms with E-state index in [1.165, 1.54) is 19.4 Å². The van der Waals surface area contributed by atoms with Crippen molar-refractivity contribution in [3.8, 4) is 0 Å². The van der Waals surface area contributed by atoms with Crippen LogP contribution in [0.15, 0.2) is 10.3 Å². The maximum Gasteiger partial charge on any atom is 0.347 e. The summed E-state index contributed by atoms with van der Waals surface area (Å²) in [5.41, 5.74) is 0.398. The Morgan fingerprint density at radius 3 is 2.56 bits per heavy atom. The second-order valence-corrected chi connectivity index (χ2v) is 6.88. The minimum atomic E-state index is -3.89. The van der Waals surface area contributed by atoms with Crippen molar-refractivity contribution in [1.82, 2.24) is 4.31 Å². The number of sulfonamides is 1. The topological polar surface area (TPSA) is 94.9 Å². The predicted octanol–water partition coefficient (Wildman–Crippen LogP) is 0.756. The number of carbonyl (C=O) groups is 1. The molecular formula is C10H15NO5S2. The SMILES string of the molecule is Cc1csc(C(=O)O)c1S(=O)(=O)N(C)CC(C)O. The Bertz CT molecular complexity index is 547. The van der Waals surface area contributed by atoms with Crippen LogP contribution in [0.4, 0.5) is 0 Å². The molecular weight excluding hydrogens is 278 g/mol. The third-order valence-electron chi connectivity index (χ3n) is 2.30. The molecule has 0 fully saturated rings. The van der Waals surface area contributed by atoms with Gasteiger partial charge < -0.3 is 10.2 Å². The molecule has 6 nitrogen and oxygen atoms in total. The lowest BCUT2D eigenvalue weighted by atomic mass is 10.3. The Balaban J connectivity index is 3.28. The van der Waals surface area contributed by atoms with Crippen LogP contribution in [0.1, 0.15) is 22.2 Å². The van der Waals surface area contributed by atoms with Gasteiger partial charge in [0.2, 0.25) is 10.0 Å². The van der Waals surface area contributed by atoms with Gasteiger partial charge in [0, 0.05) is 13.6 Å². The van der Waals surface area contributed by atoms with E-state index in [1.807, 2.05) is 0 Å². The lowest BCUT2D eigenvalue weighted by Crippen LogP contribution is -2.33. The molecule has 0 radical (unpaired) electrons. The van der Waals surface area contributed by atoms with Gasteiger partial charge in [0.05, 0.1) is 6.10 Å². The number of hydrogen-bond donors (Lipinski definition) is 2. The van der Waals surface area contributed by atoms with Crippen LogP contribution in [-0.4, -0.2) is 48.6 Å². The molecule has 0 spiro atoms. The number of aliphatic hydroxyl groups excluding tert-OH is 1. The molecule has 1 aromatic rings. The van der Waals surface area contributed by atoms with Crippen molar-refractivity contribution in [3.63, 3.8) is 0 Å². The summed E-state index contributed by atoms with van der Waals surface area (Å²) in [4.78, 5) is 10.6. The van der Waals surface area contributed by atoms with E-state index in [1.54, 1.807) is 6.92 Å². The van der Waals surface area contributed by atoms with E-state index in [0.717, 1.165) is 15.6 Å². The summed E-state index contributed by atoms with van der Waals surface area (Å²) in [7, 11) is -2.58. The summed E-state index contributed by atoms with van der Waals surface area (Å²) in [6, 6.07) is 0. The van der Waals surface area contributed by atoms with Gasteiger partial charge in [0.15, 0.2) is 0 Å². The number of hydrogen-bond acceptors (Lipinski definition) is 5. The number of nitrogens with zero attached hydrogens (tertiary/aromatic N) is 1. The van der Waals surface area contributed by atoms with E-state index in [4.69, 9.17) is 5.11 Å². The summed E-state index contributed by atoms with van der Waals surface area (Å²) in [5, 5.41) is 19.7. The molecule has 8 heteroatoms. The average molecular weight is 293 g/mol. The van der Waals surface area contributed by atoms with Crippen LogP contribution in [-0.2, 0) is 10.0 Å².